The highest BCUT2D eigenvalue weighted by Gasteiger charge is 2.56. The van der Waals surface area contributed by atoms with Crippen LogP contribution in [0.25, 0.3) is 10.4 Å². The Hall–Kier alpha value is -2.14. The maximum atomic E-state index is 13.3. The largest absolute Gasteiger partial charge is 0.369 e. The summed E-state index contributed by atoms with van der Waals surface area (Å²) in [5, 5.41) is 2.08. The lowest BCUT2D eigenvalue weighted by Gasteiger charge is -2.41. The molecule has 2 N–H and O–H groups in total. The molecule has 0 radical (unpaired) electrons. The molecule has 30 heavy (non-hydrogen) atoms. The van der Waals surface area contributed by atoms with Crippen molar-refractivity contribution in [3.63, 3.8) is 0 Å². The van der Waals surface area contributed by atoms with Crippen LogP contribution < -0.4 is 5.73 Å². The van der Waals surface area contributed by atoms with Crippen LogP contribution in [-0.2, 0) is 16.0 Å². The minimum Gasteiger partial charge on any atom is -0.369 e. The molecule has 0 spiro atoms. The molecule has 2 aromatic rings. The van der Waals surface area contributed by atoms with Gasteiger partial charge in [-0.05, 0) is 66.5 Å². The lowest BCUT2D eigenvalue weighted by Crippen LogP contribution is -2.53. The molecular formula is C25H30N2O2S. The molecule has 158 valence electrons. The maximum absolute atomic E-state index is 13.3. The van der Waals surface area contributed by atoms with Gasteiger partial charge in [0.15, 0.2) is 0 Å². The Bertz CT molecular complexity index is 928. The minimum atomic E-state index is -0.679. The van der Waals surface area contributed by atoms with Gasteiger partial charge in [0.2, 0.25) is 11.8 Å². The number of carbonyl (C=O) groups is 2. The number of amides is 2. The van der Waals surface area contributed by atoms with Crippen LogP contribution in [0.2, 0.25) is 0 Å². The molecule has 1 aliphatic heterocycles. The first kappa shape index (κ1) is 19.8. The monoisotopic (exact) mass is 422 g/mol. The van der Waals surface area contributed by atoms with Gasteiger partial charge in [-0.25, -0.2) is 0 Å². The topological polar surface area (TPSA) is 63.4 Å². The van der Waals surface area contributed by atoms with E-state index in [1.165, 1.54) is 36.1 Å². The average molecular weight is 423 g/mol. The number of piperidine rings is 1. The fraction of sp³-hybridized carbons (Fsp3) is 0.520. The summed E-state index contributed by atoms with van der Waals surface area (Å²) in [6.07, 6.45) is 7.11. The molecule has 5 rings (SSSR count). The Balaban J connectivity index is 1.39. The Morgan fingerprint density at radius 2 is 1.83 bits per heavy atom. The number of rotatable bonds is 5. The Morgan fingerprint density at radius 3 is 2.53 bits per heavy atom. The molecule has 1 saturated heterocycles. The maximum Gasteiger partial charge on any atom is 0.226 e. The fourth-order valence-corrected chi connectivity index (χ4v) is 6.82. The van der Waals surface area contributed by atoms with E-state index < -0.39 is 5.41 Å². The smallest absolute Gasteiger partial charge is 0.226 e. The van der Waals surface area contributed by atoms with Gasteiger partial charge in [0.25, 0.3) is 0 Å². The third-order valence-corrected chi connectivity index (χ3v) is 8.59. The van der Waals surface area contributed by atoms with E-state index in [-0.39, 0.29) is 17.7 Å². The molecule has 2 aliphatic carbocycles. The SMILES string of the molecule is NC(=O)[C@]1(Cc2ccccc2-c2cccs2)CCCN(C(=O)C2[C@H]3CCCC[C@@H]23)C1. The predicted octanol–water partition coefficient (Wildman–Crippen LogP) is 4.49. The first-order valence-electron chi connectivity index (χ1n) is 11.3. The number of hydrogen-bond acceptors (Lipinski definition) is 3. The van der Waals surface area contributed by atoms with E-state index in [0.717, 1.165) is 24.9 Å². The van der Waals surface area contributed by atoms with Crippen LogP contribution in [0.3, 0.4) is 0 Å². The zero-order valence-corrected chi connectivity index (χ0v) is 18.2. The van der Waals surface area contributed by atoms with Crippen LogP contribution >= 0.6 is 11.3 Å². The van der Waals surface area contributed by atoms with Crippen LogP contribution in [0.1, 0.15) is 44.1 Å². The summed E-state index contributed by atoms with van der Waals surface area (Å²) in [7, 11) is 0. The second-order valence-electron chi connectivity index (χ2n) is 9.46. The number of hydrogen-bond donors (Lipinski definition) is 1. The standard InChI is InChI=1S/C25H30N2O2S/c26-24(29)25(15-17-7-1-2-8-18(17)21-11-5-14-30-21)12-6-13-27(16-25)23(28)22-19-9-3-4-10-20(19)22/h1-2,5,7-8,11,14,19-20,22H,3-4,6,9-10,12-13,15-16H2,(H2,26,29)/t19-,20+,22?,25-/m0/s1. The van der Waals surface area contributed by atoms with Crippen molar-refractivity contribution >= 4 is 23.2 Å². The van der Waals surface area contributed by atoms with Crippen molar-refractivity contribution in [3.05, 3.63) is 47.3 Å². The molecule has 0 bridgehead atoms. The molecule has 4 nitrogen and oxygen atoms in total. The van der Waals surface area contributed by atoms with Gasteiger partial charge in [-0.2, -0.15) is 0 Å². The molecule has 3 fully saturated rings. The van der Waals surface area contributed by atoms with Crippen LogP contribution in [0.4, 0.5) is 0 Å². The number of fused-ring (bicyclic) bond motifs is 1. The second-order valence-corrected chi connectivity index (χ2v) is 10.4. The normalized spacial score (nSPS) is 30.5. The number of likely N-dealkylation sites (tertiary alicyclic amines) is 1. The van der Waals surface area contributed by atoms with Gasteiger partial charge in [0.05, 0.1) is 5.41 Å². The van der Waals surface area contributed by atoms with Crippen LogP contribution in [0.5, 0.6) is 0 Å². The zero-order chi connectivity index (χ0) is 20.7. The van der Waals surface area contributed by atoms with Crippen molar-refractivity contribution in [2.24, 2.45) is 28.9 Å². The summed E-state index contributed by atoms with van der Waals surface area (Å²) in [5.74, 6) is 1.40. The van der Waals surface area contributed by atoms with Crippen molar-refractivity contribution in [3.8, 4) is 10.4 Å². The molecule has 1 unspecified atom stereocenters. The summed E-state index contributed by atoms with van der Waals surface area (Å²) in [6, 6.07) is 12.5. The number of benzene rings is 1. The van der Waals surface area contributed by atoms with Crippen LogP contribution in [0.15, 0.2) is 41.8 Å². The second kappa shape index (κ2) is 7.84. The molecular weight excluding hydrogens is 392 g/mol. The molecule has 3 aliphatic rings. The minimum absolute atomic E-state index is 0.203. The number of nitrogens with two attached hydrogens (primary N) is 1. The van der Waals surface area contributed by atoms with Gasteiger partial charge < -0.3 is 10.6 Å². The zero-order valence-electron chi connectivity index (χ0n) is 17.4. The van der Waals surface area contributed by atoms with E-state index >= 15 is 0 Å². The fourth-order valence-electron chi connectivity index (χ4n) is 6.03. The van der Waals surface area contributed by atoms with Crippen molar-refractivity contribution < 1.29 is 9.59 Å². The van der Waals surface area contributed by atoms with E-state index in [1.807, 2.05) is 17.0 Å². The van der Waals surface area contributed by atoms with Gasteiger partial charge in [-0.1, -0.05) is 43.2 Å². The van der Waals surface area contributed by atoms with Crippen molar-refractivity contribution in [2.45, 2.75) is 44.9 Å². The third kappa shape index (κ3) is 3.47. The highest BCUT2D eigenvalue weighted by molar-refractivity contribution is 7.13. The first-order valence-corrected chi connectivity index (χ1v) is 12.2. The van der Waals surface area contributed by atoms with E-state index in [4.69, 9.17) is 5.73 Å². The highest BCUT2D eigenvalue weighted by atomic mass is 32.1. The van der Waals surface area contributed by atoms with Crippen molar-refractivity contribution in [1.82, 2.24) is 4.90 Å². The predicted molar refractivity (Wildman–Crippen MR) is 120 cm³/mol. The van der Waals surface area contributed by atoms with E-state index in [9.17, 15) is 9.59 Å². The van der Waals surface area contributed by atoms with Gasteiger partial charge in [-0.15, -0.1) is 11.3 Å². The summed E-state index contributed by atoms with van der Waals surface area (Å²) in [6.45, 7) is 1.23. The molecule has 5 heteroatoms. The van der Waals surface area contributed by atoms with Crippen LogP contribution in [0, 0.1) is 23.2 Å². The molecule has 1 aromatic heterocycles. The third-order valence-electron chi connectivity index (χ3n) is 7.69. The molecule has 2 amide bonds. The van der Waals surface area contributed by atoms with Gasteiger partial charge in [0, 0.05) is 23.9 Å². The lowest BCUT2D eigenvalue weighted by atomic mass is 9.73. The highest BCUT2D eigenvalue weighted by Crippen LogP contribution is 2.56. The number of carbonyl (C=O) groups excluding carboxylic acids is 2. The quantitative estimate of drug-likeness (QED) is 0.772. The lowest BCUT2D eigenvalue weighted by molar-refractivity contribution is -0.141. The van der Waals surface area contributed by atoms with Gasteiger partial charge >= 0.3 is 0 Å². The van der Waals surface area contributed by atoms with Gasteiger partial charge in [-0.3, -0.25) is 9.59 Å². The van der Waals surface area contributed by atoms with E-state index in [0.29, 0.717) is 24.8 Å². The van der Waals surface area contributed by atoms with Gasteiger partial charge in [0.1, 0.15) is 0 Å². The van der Waals surface area contributed by atoms with Crippen molar-refractivity contribution in [2.75, 3.05) is 13.1 Å². The summed E-state index contributed by atoms with van der Waals surface area (Å²) < 4.78 is 0. The van der Waals surface area contributed by atoms with E-state index in [1.54, 1.807) is 11.3 Å². The average Bonchev–Trinajstić information content (AvgIpc) is 3.23. The molecule has 4 atom stereocenters. The molecule has 2 saturated carbocycles. The molecule has 1 aromatic carbocycles. The van der Waals surface area contributed by atoms with E-state index in [2.05, 4.69) is 29.6 Å². The first-order chi connectivity index (χ1) is 14.6. The Kier molecular flexibility index (Phi) is 5.18. The number of nitrogens with zero attached hydrogens (tertiary/aromatic N) is 1. The number of thiophene rings is 1. The Labute approximate surface area is 182 Å². The van der Waals surface area contributed by atoms with Crippen molar-refractivity contribution in [1.29, 1.82) is 0 Å². The summed E-state index contributed by atoms with van der Waals surface area (Å²) >= 11 is 1.71. The van der Waals surface area contributed by atoms with Crippen LogP contribution in [-0.4, -0.2) is 29.8 Å². The Morgan fingerprint density at radius 1 is 1.07 bits per heavy atom. The number of primary amides is 1. The summed E-state index contributed by atoms with van der Waals surface area (Å²) in [5.41, 5.74) is 7.65. The molecule has 2 heterocycles. The summed E-state index contributed by atoms with van der Waals surface area (Å²) in [4.78, 5) is 29.3.